The second kappa shape index (κ2) is 5.02. The molecule has 3 rings (SSSR count). The fourth-order valence-corrected chi connectivity index (χ4v) is 2.72. The summed E-state index contributed by atoms with van der Waals surface area (Å²) < 4.78 is 0. The Labute approximate surface area is 107 Å². The van der Waals surface area contributed by atoms with Gasteiger partial charge in [-0.05, 0) is 12.8 Å². The minimum absolute atomic E-state index is 0.271. The molecule has 0 bridgehead atoms. The molecule has 3 heterocycles. The lowest BCUT2D eigenvalue weighted by molar-refractivity contribution is -0.131. The number of nitrogens with zero attached hydrogens (tertiary/aromatic N) is 4. The molecule has 2 aliphatic heterocycles. The molecule has 1 amide bonds. The third kappa shape index (κ3) is 2.36. The van der Waals surface area contributed by atoms with Crippen molar-refractivity contribution in [2.45, 2.75) is 25.8 Å². The Hall–Kier alpha value is -1.49. The molecule has 0 unspecified atom stereocenters. The van der Waals surface area contributed by atoms with Gasteiger partial charge in [-0.2, -0.15) is 0 Å². The van der Waals surface area contributed by atoms with E-state index < -0.39 is 0 Å². The van der Waals surface area contributed by atoms with E-state index in [1.165, 1.54) is 0 Å². The van der Waals surface area contributed by atoms with Crippen molar-refractivity contribution in [2.24, 2.45) is 0 Å². The fourth-order valence-electron chi connectivity index (χ4n) is 2.72. The van der Waals surface area contributed by atoms with Crippen LogP contribution in [-0.2, 0) is 17.8 Å². The van der Waals surface area contributed by atoms with Crippen LogP contribution in [0.2, 0.25) is 0 Å². The number of carbonyl (C=O) groups excluding carboxylic acids is 1. The normalized spacial score (nSPS) is 19.9. The molecule has 1 aromatic heterocycles. The number of hydrogen-bond acceptors (Lipinski definition) is 4. The van der Waals surface area contributed by atoms with Crippen molar-refractivity contribution in [3.8, 4) is 0 Å². The molecular formula is C13H18N4O. The molecule has 0 saturated carbocycles. The van der Waals surface area contributed by atoms with Crippen LogP contribution in [0.3, 0.4) is 0 Å². The lowest BCUT2D eigenvalue weighted by Gasteiger charge is -2.28. The van der Waals surface area contributed by atoms with Crippen LogP contribution in [-0.4, -0.2) is 51.9 Å². The highest BCUT2D eigenvalue weighted by Gasteiger charge is 2.23. The largest absolute Gasteiger partial charge is 0.342 e. The van der Waals surface area contributed by atoms with Crippen molar-refractivity contribution < 1.29 is 4.79 Å². The van der Waals surface area contributed by atoms with Gasteiger partial charge in [-0.15, -0.1) is 0 Å². The summed E-state index contributed by atoms with van der Waals surface area (Å²) in [6.07, 6.45) is 6.70. The maximum Gasteiger partial charge on any atom is 0.236 e. The molecule has 5 nitrogen and oxygen atoms in total. The van der Waals surface area contributed by atoms with E-state index in [0.717, 1.165) is 56.7 Å². The zero-order valence-electron chi connectivity index (χ0n) is 10.5. The monoisotopic (exact) mass is 246 g/mol. The predicted molar refractivity (Wildman–Crippen MR) is 66.8 cm³/mol. The molecule has 1 fully saturated rings. The van der Waals surface area contributed by atoms with Gasteiger partial charge in [0, 0.05) is 50.1 Å². The van der Waals surface area contributed by atoms with Gasteiger partial charge in [0.2, 0.25) is 5.91 Å². The number of aromatic nitrogens is 2. The summed E-state index contributed by atoms with van der Waals surface area (Å²) in [4.78, 5) is 24.6. The van der Waals surface area contributed by atoms with Gasteiger partial charge in [-0.25, -0.2) is 9.97 Å². The van der Waals surface area contributed by atoms with E-state index >= 15 is 0 Å². The van der Waals surface area contributed by atoms with Crippen molar-refractivity contribution in [1.29, 1.82) is 0 Å². The Morgan fingerprint density at radius 3 is 2.94 bits per heavy atom. The van der Waals surface area contributed by atoms with Crippen LogP contribution in [0.15, 0.2) is 12.5 Å². The number of rotatable bonds is 2. The van der Waals surface area contributed by atoms with Crippen LogP contribution >= 0.6 is 0 Å². The molecule has 0 N–H and O–H groups in total. The van der Waals surface area contributed by atoms with E-state index in [2.05, 4.69) is 14.9 Å². The van der Waals surface area contributed by atoms with E-state index in [1.807, 2.05) is 11.1 Å². The Kier molecular flexibility index (Phi) is 3.23. The van der Waals surface area contributed by atoms with Crippen molar-refractivity contribution in [3.63, 3.8) is 0 Å². The molecule has 0 atom stereocenters. The molecule has 0 aromatic carbocycles. The van der Waals surface area contributed by atoms with E-state index in [-0.39, 0.29) is 5.91 Å². The van der Waals surface area contributed by atoms with E-state index in [4.69, 9.17) is 0 Å². The van der Waals surface area contributed by atoms with Gasteiger partial charge in [0.25, 0.3) is 0 Å². The summed E-state index contributed by atoms with van der Waals surface area (Å²) in [6.45, 7) is 4.13. The average molecular weight is 246 g/mol. The van der Waals surface area contributed by atoms with Gasteiger partial charge >= 0.3 is 0 Å². The first-order valence-corrected chi connectivity index (χ1v) is 6.61. The van der Waals surface area contributed by atoms with Crippen LogP contribution in [0.1, 0.15) is 24.1 Å². The van der Waals surface area contributed by atoms with Crippen LogP contribution in [0.4, 0.5) is 0 Å². The van der Waals surface area contributed by atoms with Crippen molar-refractivity contribution in [1.82, 2.24) is 19.8 Å². The van der Waals surface area contributed by atoms with E-state index in [9.17, 15) is 4.79 Å². The molecule has 5 heteroatoms. The molecule has 18 heavy (non-hydrogen) atoms. The van der Waals surface area contributed by atoms with Gasteiger partial charge in [-0.3, -0.25) is 9.69 Å². The van der Waals surface area contributed by atoms with Gasteiger partial charge in [0.05, 0.1) is 6.54 Å². The first-order chi connectivity index (χ1) is 8.83. The highest BCUT2D eigenvalue weighted by atomic mass is 16.2. The first-order valence-electron chi connectivity index (χ1n) is 6.61. The SMILES string of the molecule is O=C(CN1CCc2ncncc2C1)N1CCCC1. The maximum atomic E-state index is 12.1. The van der Waals surface area contributed by atoms with Gasteiger partial charge in [0.15, 0.2) is 0 Å². The van der Waals surface area contributed by atoms with Crippen molar-refractivity contribution >= 4 is 5.91 Å². The van der Waals surface area contributed by atoms with Crippen LogP contribution in [0.5, 0.6) is 0 Å². The van der Waals surface area contributed by atoms with E-state index in [0.29, 0.717) is 6.54 Å². The van der Waals surface area contributed by atoms with Gasteiger partial charge in [0.1, 0.15) is 6.33 Å². The third-order valence-electron chi connectivity index (χ3n) is 3.76. The standard InChI is InChI=1S/C13H18N4O/c18-13(17-4-1-2-5-17)9-16-6-3-12-11(8-16)7-14-10-15-12/h7,10H,1-6,8-9H2. The highest BCUT2D eigenvalue weighted by Crippen LogP contribution is 2.16. The van der Waals surface area contributed by atoms with Crippen LogP contribution < -0.4 is 0 Å². The minimum Gasteiger partial charge on any atom is -0.342 e. The summed E-state index contributed by atoms with van der Waals surface area (Å²) in [7, 11) is 0. The number of fused-ring (bicyclic) bond motifs is 1. The van der Waals surface area contributed by atoms with Gasteiger partial charge < -0.3 is 4.90 Å². The van der Waals surface area contributed by atoms with E-state index in [1.54, 1.807) is 6.33 Å². The van der Waals surface area contributed by atoms with Crippen molar-refractivity contribution in [3.05, 3.63) is 23.8 Å². The number of likely N-dealkylation sites (tertiary alicyclic amines) is 1. The molecule has 96 valence electrons. The maximum absolute atomic E-state index is 12.1. The summed E-state index contributed by atoms with van der Waals surface area (Å²) in [6, 6.07) is 0. The Balaban J connectivity index is 1.60. The fraction of sp³-hybridized carbons (Fsp3) is 0.615. The Morgan fingerprint density at radius 2 is 2.11 bits per heavy atom. The molecule has 0 aliphatic carbocycles. The zero-order chi connectivity index (χ0) is 12.4. The molecule has 1 saturated heterocycles. The topological polar surface area (TPSA) is 49.3 Å². The quantitative estimate of drug-likeness (QED) is 0.760. The summed E-state index contributed by atoms with van der Waals surface area (Å²) in [5.41, 5.74) is 2.30. The second-order valence-corrected chi connectivity index (χ2v) is 5.04. The first kappa shape index (κ1) is 11.6. The second-order valence-electron chi connectivity index (χ2n) is 5.04. The Bertz CT molecular complexity index is 442. The average Bonchev–Trinajstić information content (AvgIpc) is 2.92. The zero-order valence-corrected chi connectivity index (χ0v) is 10.5. The van der Waals surface area contributed by atoms with Crippen LogP contribution in [0, 0.1) is 0 Å². The summed E-state index contributed by atoms with van der Waals surface area (Å²) >= 11 is 0. The third-order valence-corrected chi connectivity index (χ3v) is 3.76. The minimum atomic E-state index is 0.271. The predicted octanol–water partition coefficient (Wildman–Crippen LogP) is 0.457. The molecule has 0 spiro atoms. The number of amides is 1. The smallest absolute Gasteiger partial charge is 0.236 e. The Morgan fingerprint density at radius 1 is 1.28 bits per heavy atom. The van der Waals surface area contributed by atoms with Gasteiger partial charge in [-0.1, -0.05) is 0 Å². The molecular weight excluding hydrogens is 228 g/mol. The summed E-state index contributed by atoms with van der Waals surface area (Å²) in [5, 5.41) is 0. The molecule has 2 aliphatic rings. The number of carbonyl (C=O) groups is 1. The highest BCUT2D eigenvalue weighted by molar-refractivity contribution is 5.78. The van der Waals surface area contributed by atoms with Crippen LogP contribution in [0.25, 0.3) is 0 Å². The molecule has 1 aromatic rings. The summed E-state index contributed by atoms with van der Waals surface area (Å²) in [5.74, 6) is 0.271. The lowest BCUT2D eigenvalue weighted by atomic mass is 10.1. The van der Waals surface area contributed by atoms with Crippen molar-refractivity contribution in [2.75, 3.05) is 26.2 Å². The molecule has 0 radical (unpaired) electrons. The lowest BCUT2D eigenvalue weighted by Crippen LogP contribution is -2.41. The number of hydrogen-bond donors (Lipinski definition) is 0.